The van der Waals surface area contributed by atoms with Crippen molar-refractivity contribution < 1.29 is 19.8 Å². The van der Waals surface area contributed by atoms with Crippen LogP contribution in [-0.4, -0.2) is 52.3 Å². The molecule has 1 fully saturated rings. The minimum Gasteiger partial charge on any atom is -0.480 e. The van der Waals surface area contributed by atoms with Crippen LogP contribution in [0.25, 0.3) is 0 Å². The Labute approximate surface area is 120 Å². The zero-order valence-electron chi connectivity index (χ0n) is 12.3. The summed E-state index contributed by atoms with van der Waals surface area (Å²) >= 11 is 0. The first-order valence-electron chi connectivity index (χ1n) is 7.38. The van der Waals surface area contributed by atoms with Gasteiger partial charge in [-0.25, -0.2) is 9.59 Å². The lowest BCUT2D eigenvalue weighted by atomic mass is 9.94. The molecule has 6 nitrogen and oxygen atoms in total. The Morgan fingerprint density at radius 1 is 1.25 bits per heavy atom. The maximum atomic E-state index is 12.3. The number of carbonyl (C=O) groups is 2. The first kappa shape index (κ1) is 16.8. The Bertz CT molecular complexity index is 327. The smallest absolute Gasteiger partial charge is 0.326 e. The van der Waals surface area contributed by atoms with Crippen LogP contribution in [0.15, 0.2) is 0 Å². The van der Waals surface area contributed by atoms with Gasteiger partial charge in [0, 0.05) is 12.6 Å². The normalized spacial score (nSPS) is 17.8. The Balaban J connectivity index is 2.69. The van der Waals surface area contributed by atoms with Crippen molar-refractivity contribution >= 4 is 12.0 Å². The first-order chi connectivity index (χ1) is 9.47. The summed E-state index contributed by atoms with van der Waals surface area (Å²) in [6.07, 6.45) is 5.17. The number of hydrogen-bond donors (Lipinski definition) is 3. The zero-order valence-corrected chi connectivity index (χ0v) is 12.3. The average Bonchev–Trinajstić information content (AvgIpc) is 2.42. The molecular formula is C14H26N2O4. The van der Waals surface area contributed by atoms with E-state index >= 15 is 0 Å². The van der Waals surface area contributed by atoms with Gasteiger partial charge in [-0.15, -0.1) is 0 Å². The van der Waals surface area contributed by atoms with Crippen LogP contribution in [0.2, 0.25) is 0 Å². The fourth-order valence-corrected chi connectivity index (χ4v) is 2.68. The van der Waals surface area contributed by atoms with E-state index in [-0.39, 0.29) is 31.1 Å². The third-order valence-corrected chi connectivity index (χ3v) is 3.83. The highest BCUT2D eigenvalue weighted by Gasteiger charge is 2.29. The topological polar surface area (TPSA) is 89.9 Å². The van der Waals surface area contributed by atoms with Crippen LogP contribution in [0, 0.1) is 5.92 Å². The number of carboxylic acid groups (broad SMARTS) is 1. The van der Waals surface area contributed by atoms with Crippen molar-refractivity contribution in [1.29, 1.82) is 0 Å². The highest BCUT2D eigenvalue weighted by molar-refractivity contribution is 5.83. The lowest BCUT2D eigenvalue weighted by molar-refractivity contribution is -0.140. The zero-order chi connectivity index (χ0) is 15.1. The van der Waals surface area contributed by atoms with Gasteiger partial charge in [0.25, 0.3) is 0 Å². The van der Waals surface area contributed by atoms with E-state index in [1.54, 1.807) is 18.7 Å². The quantitative estimate of drug-likeness (QED) is 0.689. The minimum absolute atomic E-state index is 0.108. The van der Waals surface area contributed by atoms with Gasteiger partial charge >= 0.3 is 12.0 Å². The van der Waals surface area contributed by atoms with Crippen LogP contribution in [0.4, 0.5) is 4.79 Å². The summed E-state index contributed by atoms with van der Waals surface area (Å²) in [6, 6.07) is -1.17. The van der Waals surface area contributed by atoms with Gasteiger partial charge in [-0.3, -0.25) is 0 Å². The molecule has 3 N–H and O–H groups in total. The number of aliphatic hydroxyl groups is 1. The van der Waals surface area contributed by atoms with E-state index in [2.05, 4.69) is 5.32 Å². The van der Waals surface area contributed by atoms with Crippen LogP contribution < -0.4 is 5.32 Å². The van der Waals surface area contributed by atoms with Crippen molar-refractivity contribution in [2.75, 3.05) is 13.2 Å². The number of amides is 2. The molecule has 1 saturated carbocycles. The van der Waals surface area contributed by atoms with Crippen molar-refractivity contribution in [3.8, 4) is 0 Å². The van der Waals surface area contributed by atoms with Gasteiger partial charge in [-0.1, -0.05) is 33.1 Å². The second-order valence-corrected chi connectivity index (χ2v) is 5.72. The maximum absolute atomic E-state index is 12.3. The highest BCUT2D eigenvalue weighted by Crippen LogP contribution is 2.22. The van der Waals surface area contributed by atoms with Gasteiger partial charge in [0.05, 0.1) is 6.61 Å². The van der Waals surface area contributed by atoms with Crippen molar-refractivity contribution in [3.05, 3.63) is 0 Å². The molecule has 0 bridgehead atoms. The van der Waals surface area contributed by atoms with Crippen molar-refractivity contribution in [2.24, 2.45) is 5.92 Å². The number of urea groups is 1. The summed E-state index contributed by atoms with van der Waals surface area (Å²) in [7, 11) is 0. The number of nitrogens with zero attached hydrogens (tertiary/aromatic N) is 1. The SMILES string of the molecule is CC(C)C(NC(=O)N(CCO)C1CCCCC1)C(=O)O. The molecule has 20 heavy (non-hydrogen) atoms. The predicted octanol–water partition coefficient (Wildman–Crippen LogP) is 1.43. The van der Waals surface area contributed by atoms with Crippen molar-refractivity contribution in [3.63, 3.8) is 0 Å². The molecule has 0 aromatic rings. The minimum atomic E-state index is -1.03. The molecule has 0 radical (unpaired) electrons. The van der Waals surface area contributed by atoms with Gasteiger partial charge in [0.2, 0.25) is 0 Å². The van der Waals surface area contributed by atoms with Gasteiger partial charge in [0.15, 0.2) is 0 Å². The molecule has 1 aliphatic carbocycles. The molecule has 0 aromatic carbocycles. The van der Waals surface area contributed by atoms with E-state index in [4.69, 9.17) is 10.2 Å². The largest absolute Gasteiger partial charge is 0.480 e. The van der Waals surface area contributed by atoms with E-state index in [0.717, 1.165) is 25.7 Å². The molecule has 0 aliphatic heterocycles. The third kappa shape index (κ3) is 4.67. The number of hydrogen-bond acceptors (Lipinski definition) is 3. The average molecular weight is 286 g/mol. The first-order valence-corrected chi connectivity index (χ1v) is 7.38. The number of aliphatic carboxylic acids is 1. The molecule has 6 heteroatoms. The van der Waals surface area contributed by atoms with E-state index in [1.165, 1.54) is 6.42 Å². The predicted molar refractivity (Wildman–Crippen MR) is 75.5 cm³/mol. The Hall–Kier alpha value is -1.30. The van der Waals surface area contributed by atoms with Crippen LogP contribution in [-0.2, 0) is 4.79 Å². The molecule has 1 atom stereocenters. The van der Waals surface area contributed by atoms with Crippen LogP contribution >= 0.6 is 0 Å². The standard InChI is InChI=1S/C14H26N2O4/c1-10(2)12(13(18)19)15-14(20)16(8-9-17)11-6-4-3-5-7-11/h10-12,17H,3-9H2,1-2H3,(H,15,20)(H,18,19). The fraction of sp³-hybridized carbons (Fsp3) is 0.857. The van der Waals surface area contributed by atoms with Crippen molar-refractivity contribution in [1.82, 2.24) is 10.2 Å². The number of rotatable bonds is 6. The lowest BCUT2D eigenvalue weighted by Gasteiger charge is -2.35. The number of nitrogens with one attached hydrogen (secondary N) is 1. The fourth-order valence-electron chi connectivity index (χ4n) is 2.68. The Morgan fingerprint density at radius 3 is 2.30 bits per heavy atom. The number of carboxylic acids is 1. The molecule has 2 amide bonds. The second kappa shape index (κ2) is 8.09. The third-order valence-electron chi connectivity index (χ3n) is 3.83. The summed E-state index contributed by atoms with van der Waals surface area (Å²) in [5, 5.41) is 20.8. The van der Waals surface area contributed by atoms with Gasteiger partial charge in [0.1, 0.15) is 6.04 Å². The molecule has 1 rings (SSSR count). The molecule has 0 saturated heterocycles. The summed E-state index contributed by atoms with van der Waals surface area (Å²) in [6.45, 7) is 3.66. The summed E-state index contributed by atoms with van der Waals surface area (Å²) in [5.74, 6) is -1.21. The molecular weight excluding hydrogens is 260 g/mol. The van der Waals surface area contributed by atoms with E-state index in [9.17, 15) is 9.59 Å². The van der Waals surface area contributed by atoms with E-state index < -0.39 is 12.0 Å². The van der Waals surface area contributed by atoms with Crippen LogP contribution in [0.3, 0.4) is 0 Å². The van der Waals surface area contributed by atoms with Gasteiger partial charge in [-0.2, -0.15) is 0 Å². The van der Waals surface area contributed by atoms with Gasteiger partial charge < -0.3 is 20.4 Å². The summed E-state index contributed by atoms with van der Waals surface area (Å²) in [5.41, 5.74) is 0. The van der Waals surface area contributed by atoms with Gasteiger partial charge in [-0.05, 0) is 18.8 Å². The maximum Gasteiger partial charge on any atom is 0.326 e. The summed E-state index contributed by atoms with van der Waals surface area (Å²) < 4.78 is 0. The molecule has 0 aromatic heterocycles. The molecule has 0 spiro atoms. The highest BCUT2D eigenvalue weighted by atomic mass is 16.4. The van der Waals surface area contributed by atoms with Crippen LogP contribution in [0.5, 0.6) is 0 Å². The molecule has 0 heterocycles. The number of aliphatic hydroxyl groups excluding tert-OH is 1. The second-order valence-electron chi connectivity index (χ2n) is 5.72. The van der Waals surface area contributed by atoms with E-state index in [0.29, 0.717) is 0 Å². The molecule has 116 valence electrons. The Kier molecular flexibility index (Phi) is 6.78. The van der Waals surface area contributed by atoms with Crippen molar-refractivity contribution in [2.45, 2.75) is 58.0 Å². The molecule has 1 unspecified atom stereocenters. The summed E-state index contributed by atoms with van der Waals surface area (Å²) in [4.78, 5) is 25.0. The molecule has 1 aliphatic rings. The number of carbonyl (C=O) groups excluding carboxylic acids is 1. The van der Waals surface area contributed by atoms with Crippen LogP contribution in [0.1, 0.15) is 46.0 Å². The monoisotopic (exact) mass is 286 g/mol. The Morgan fingerprint density at radius 2 is 1.85 bits per heavy atom. The van der Waals surface area contributed by atoms with E-state index in [1.807, 2.05) is 0 Å². The lowest BCUT2D eigenvalue weighted by Crippen LogP contribution is -2.54.